The summed E-state index contributed by atoms with van der Waals surface area (Å²) >= 11 is 1.66. The standard InChI is InChI=1S/C19H23N3O2S/c1-14(23)21(2)12-15-5-3-9-22(13-15)19(24)17-8-7-16(11-20-17)18-6-4-10-25-18/h4,6-8,10-11,15H,3,5,9,12-13H2,1-2H3. The van der Waals surface area contributed by atoms with E-state index in [0.717, 1.165) is 29.8 Å². The number of piperidine rings is 1. The zero-order valence-electron chi connectivity index (χ0n) is 14.6. The molecule has 0 bridgehead atoms. The minimum Gasteiger partial charge on any atom is -0.346 e. The minimum absolute atomic E-state index is 0.0205. The first-order chi connectivity index (χ1) is 12.0. The number of hydrogen-bond donors (Lipinski definition) is 0. The molecule has 1 fully saturated rings. The lowest BCUT2D eigenvalue weighted by Crippen LogP contribution is -2.44. The van der Waals surface area contributed by atoms with Crippen molar-refractivity contribution in [1.29, 1.82) is 0 Å². The first-order valence-corrected chi connectivity index (χ1v) is 9.43. The molecule has 1 aliphatic heterocycles. The van der Waals surface area contributed by atoms with E-state index < -0.39 is 0 Å². The van der Waals surface area contributed by atoms with Crippen LogP contribution in [0.5, 0.6) is 0 Å². The summed E-state index contributed by atoms with van der Waals surface area (Å²) in [5.41, 5.74) is 1.52. The maximum Gasteiger partial charge on any atom is 0.272 e. The molecule has 3 rings (SSSR count). The Balaban J connectivity index is 1.65. The third-order valence-corrected chi connectivity index (χ3v) is 5.58. The van der Waals surface area contributed by atoms with Crippen molar-refractivity contribution in [3.63, 3.8) is 0 Å². The summed E-state index contributed by atoms with van der Waals surface area (Å²) < 4.78 is 0. The minimum atomic E-state index is -0.0205. The van der Waals surface area contributed by atoms with Gasteiger partial charge in [0.25, 0.3) is 5.91 Å². The summed E-state index contributed by atoms with van der Waals surface area (Å²) in [7, 11) is 1.81. The van der Waals surface area contributed by atoms with Crippen LogP contribution in [0.15, 0.2) is 35.8 Å². The summed E-state index contributed by atoms with van der Waals surface area (Å²) in [5, 5.41) is 2.03. The molecule has 1 unspecified atom stereocenters. The number of rotatable bonds is 4. The number of carbonyl (C=O) groups excluding carboxylic acids is 2. The van der Waals surface area contributed by atoms with Crippen LogP contribution >= 0.6 is 11.3 Å². The SMILES string of the molecule is CC(=O)N(C)CC1CCCN(C(=O)c2ccc(-c3cccs3)cn2)C1. The molecule has 0 aromatic carbocycles. The molecule has 0 aliphatic carbocycles. The number of carbonyl (C=O) groups is 2. The molecule has 2 amide bonds. The third-order valence-electron chi connectivity index (χ3n) is 4.66. The van der Waals surface area contributed by atoms with E-state index in [1.54, 1.807) is 29.4 Å². The van der Waals surface area contributed by atoms with Crippen molar-refractivity contribution in [2.24, 2.45) is 5.92 Å². The van der Waals surface area contributed by atoms with Gasteiger partial charge in [-0.3, -0.25) is 14.6 Å². The van der Waals surface area contributed by atoms with Gasteiger partial charge >= 0.3 is 0 Å². The predicted molar refractivity (Wildman–Crippen MR) is 99.5 cm³/mol. The molecule has 0 spiro atoms. The first-order valence-electron chi connectivity index (χ1n) is 8.55. The van der Waals surface area contributed by atoms with Crippen molar-refractivity contribution < 1.29 is 9.59 Å². The molecular weight excluding hydrogens is 334 g/mol. The quantitative estimate of drug-likeness (QED) is 0.845. The Labute approximate surface area is 152 Å². The number of thiophene rings is 1. The highest BCUT2D eigenvalue weighted by Gasteiger charge is 2.26. The number of hydrogen-bond acceptors (Lipinski definition) is 4. The Bertz CT molecular complexity index is 728. The van der Waals surface area contributed by atoms with E-state index in [4.69, 9.17) is 0 Å². The molecule has 2 aromatic heterocycles. The average molecular weight is 357 g/mol. The van der Waals surface area contributed by atoms with Gasteiger partial charge < -0.3 is 9.80 Å². The molecule has 6 heteroatoms. The summed E-state index contributed by atoms with van der Waals surface area (Å²) in [5.74, 6) is 0.374. The summed E-state index contributed by atoms with van der Waals surface area (Å²) in [6, 6.07) is 7.81. The Morgan fingerprint density at radius 1 is 1.36 bits per heavy atom. The third kappa shape index (κ3) is 4.25. The number of nitrogens with zero attached hydrogens (tertiary/aromatic N) is 3. The van der Waals surface area contributed by atoms with Crippen LogP contribution in [-0.2, 0) is 4.79 Å². The highest BCUT2D eigenvalue weighted by molar-refractivity contribution is 7.13. The fourth-order valence-corrected chi connectivity index (χ4v) is 3.90. The van der Waals surface area contributed by atoms with Gasteiger partial charge in [0.1, 0.15) is 5.69 Å². The van der Waals surface area contributed by atoms with Crippen LogP contribution in [0.2, 0.25) is 0 Å². The van der Waals surface area contributed by atoms with E-state index in [1.807, 2.05) is 41.6 Å². The van der Waals surface area contributed by atoms with Crippen molar-refractivity contribution in [3.8, 4) is 10.4 Å². The lowest BCUT2D eigenvalue weighted by molar-refractivity contribution is -0.128. The van der Waals surface area contributed by atoms with Crippen molar-refractivity contribution in [1.82, 2.24) is 14.8 Å². The zero-order valence-corrected chi connectivity index (χ0v) is 15.5. The molecule has 1 aliphatic rings. The van der Waals surface area contributed by atoms with Gasteiger partial charge in [-0.2, -0.15) is 0 Å². The fourth-order valence-electron chi connectivity index (χ4n) is 3.19. The molecular formula is C19H23N3O2S. The van der Waals surface area contributed by atoms with E-state index in [0.29, 0.717) is 24.7 Å². The van der Waals surface area contributed by atoms with Crippen molar-refractivity contribution in [3.05, 3.63) is 41.5 Å². The largest absolute Gasteiger partial charge is 0.346 e. The van der Waals surface area contributed by atoms with Gasteiger partial charge in [0, 0.05) is 50.2 Å². The summed E-state index contributed by atoms with van der Waals surface area (Å²) in [4.78, 5) is 33.3. The number of likely N-dealkylation sites (tertiary alicyclic amines) is 1. The van der Waals surface area contributed by atoms with Crippen molar-refractivity contribution in [2.45, 2.75) is 19.8 Å². The van der Waals surface area contributed by atoms with E-state index in [1.165, 1.54) is 0 Å². The highest BCUT2D eigenvalue weighted by Crippen LogP contribution is 2.24. The first kappa shape index (κ1) is 17.6. The number of pyridine rings is 1. The second-order valence-corrected chi connectivity index (χ2v) is 7.52. The Kier molecular flexibility index (Phi) is 5.48. The van der Waals surface area contributed by atoms with Crippen LogP contribution in [0.1, 0.15) is 30.3 Å². The topological polar surface area (TPSA) is 53.5 Å². The Hall–Kier alpha value is -2.21. The maximum absolute atomic E-state index is 12.7. The van der Waals surface area contributed by atoms with Crippen molar-refractivity contribution in [2.75, 3.05) is 26.7 Å². The van der Waals surface area contributed by atoms with Crippen LogP contribution in [0.4, 0.5) is 0 Å². The van der Waals surface area contributed by atoms with Gasteiger partial charge in [-0.15, -0.1) is 11.3 Å². The maximum atomic E-state index is 12.7. The Morgan fingerprint density at radius 2 is 2.20 bits per heavy atom. The molecule has 1 saturated heterocycles. The van der Waals surface area contributed by atoms with E-state index in [2.05, 4.69) is 4.98 Å². The van der Waals surface area contributed by atoms with Gasteiger partial charge in [0.15, 0.2) is 0 Å². The summed E-state index contributed by atoms with van der Waals surface area (Å²) in [6.45, 7) is 3.72. The van der Waals surface area contributed by atoms with Crippen LogP contribution in [0.25, 0.3) is 10.4 Å². The molecule has 2 aromatic rings. The number of aromatic nitrogens is 1. The lowest BCUT2D eigenvalue weighted by Gasteiger charge is -2.34. The Morgan fingerprint density at radius 3 is 2.84 bits per heavy atom. The fraction of sp³-hybridized carbons (Fsp3) is 0.421. The van der Waals surface area contributed by atoms with Gasteiger partial charge in [-0.25, -0.2) is 0 Å². The second kappa shape index (κ2) is 7.78. The van der Waals surface area contributed by atoms with Gasteiger partial charge in [-0.05, 0) is 42.3 Å². The molecule has 25 heavy (non-hydrogen) atoms. The monoisotopic (exact) mass is 357 g/mol. The second-order valence-electron chi connectivity index (χ2n) is 6.57. The zero-order chi connectivity index (χ0) is 17.8. The molecule has 1 atom stereocenters. The normalized spacial score (nSPS) is 17.4. The molecule has 5 nitrogen and oxygen atoms in total. The van der Waals surface area contributed by atoms with E-state index >= 15 is 0 Å². The van der Waals surface area contributed by atoms with Crippen LogP contribution in [0.3, 0.4) is 0 Å². The molecule has 0 saturated carbocycles. The van der Waals surface area contributed by atoms with Crippen LogP contribution < -0.4 is 0 Å². The molecule has 0 radical (unpaired) electrons. The van der Waals surface area contributed by atoms with Gasteiger partial charge in [0.2, 0.25) is 5.91 Å². The predicted octanol–water partition coefficient (Wildman–Crippen LogP) is 3.14. The van der Waals surface area contributed by atoms with Gasteiger partial charge in [-0.1, -0.05) is 6.07 Å². The van der Waals surface area contributed by atoms with Crippen LogP contribution in [-0.4, -0.2) is 53.3 Å². The molecule has 132 valence electrons. The van der Waals surface area contributed by atoms with Gasteiger partial charge in [0.05, 0.1) is 0 Å². The lowest BCUT2D eigenvalue weighted by atomic mass is 9.97. The van der Waals surface area contributed by atoms with Crippen LogP contribution in [0, 0.1) is 5.92 Å². The molecule has 3 heterocycles. The average Bonchev–Trinajstić information content (AvgIpc) is 3.16. The van der Waals surface area contributed by atoms with E-state index in [9.17, 15) is 9.59 Å². The molecule has 0 N–H and O–H groups in total. The number of amides is 2. The highest BCUT2D eigenvalue weighted by atomic mass is 32.1. The smallest absolute Gasteiger partial charge is 0.272 e. The van der Waals surface area contributed by atoms with E-state index in [-0.39, 0.29) is 11.8 Å². The van der Waals surface area contributed by atoms with Crippen molar-refractivity contribution >= 4 is 23.2 Å². The summed E-state index contributed by atoms with van der Waals surface area (Å²) in [6.07, 6.45) is 3.78.